The molecule has 0 saturated heterocycles. The molecule has 6 heteroatoms. The van der Waals surface area contributed by atoms with Gasteiger partial charge in [0.05, 0.1) is 12.1 Å². The number of halogens is 3. The largest absolute Gasteiger partial charge is 0.391 e. The average Bonchev–Trinajstić information content (AvgIpc) is 2.38. The Morgan fingerprint density at radius 2 is 1.71 bits per heavy atom. The number of carbonyl (C=O) groups excluding carboxylic acids is 1. The minimum atomic E-state index is -4.04. The van der Waals surface area contributed by atoms with Crippen LogP contribution in [-0.2, 0) is 4.79 Å². The van der Waals surface area contributed by atoms with E-state index in [1.54, 1.807) is 0 Å². The smallest absolute Gasteiger partial charge is 0.389 e. The van der Waals surface area contributed by atoms with Crippen molar-refractivity contribution >= 4 is 5.78 Å². The lowest BCUT2D eigenvalue weighted by molar-refractivity contribution is -0.135. The van der Waals surface area contributed by atoms with Gasteiger partial charge < -0.3 is 10.8 Å². The molecule has 0 heterocycles. The van der Waals surface area contributed by atoms with Gasteiger partial charge in [0, 0.05) is 6.42 Å². The van der Waals surface area contributed by atoms with Gasteiger partial charge in [-0.2, -0.15) is 13.2 Å². The molecule has 0 spiro atoms. The second kappa shape index (κ2) is 10.8. The first-order valence-electron chi connectivity index (χ1n) is 7.40. The highest BCUT2D eigenvalue weighted by Crippen LogP contribution is 2.23. The van der Waals surface area contributed by atoms with Crippen LogP contribution in [0.4, 0.5) is 13.2 Å². The zero-order valence-corrected chi connectivity index (χ0v) is 12.5. The van der Waals surface area contributed by atoms with E-state index in [2.05, 4.69) is 0 Å². The van der Waals surface area contributed by atoms with Gasteiger partial charge in [0.15, 0.2) is 0 Å². The third kappa shape index (κ3) is 12.6. The maximum atomic E-state index is 11.9. The number of aliphatic hydroxyl groups is 1. The maximum absolute atomic E-state index is 11.9. The Balaban J connectivity index is 3.47. The number of aliphatic hydroxyl groups excluding tert-OH is 1. The van der Waals surface area contributed by atoms with Gasteiger partial charge >= 0.3 is 6.18 Å². The van der Waals surface area contributed by atoms with Gasteiger partial charge in [-0.1, -0.05) is 25.0 Å². The van der Waals surface area contributed by atoms with Crippen molar-refractivity contribution in [3.8, 4) is 0 Å². The number of nitrogens with two attached hydrogens (primary N) is 1. The predicted molar refractivity (Wildman–Crippen MR) is 76.8 cm³/mol. The number of carbonyl (C=O) groups is 1. The molecule has 0 aromatic carbocycles. The topological polar surface area (TPSA) is 63.3 Å². The zero-order chi connectivity index (χ0) is 16.3. The van der Waals surface area contributed by atoms with E-state index in [1.807, 2.05) is 12.2 Å². The molecule has 0 aromatic rings. The van der Waals surface area contributed by atoms with E-state index in [0.29, 0.717) is 19.3 Å². The second-order valence-electron chi connectivity index (χ2n) is 5.32. The van der Waals surface area contributed by atoms with Crippen molar-refractivity contribution in [2.24, 2.45) is 5.73 Å². The molecule has 3 nitrogen and oxygen atoms in total. The predicted octanol–water partition coefficient (Wildman–Crippen LogP) is 3.50. The van der Waals surface area contributed by atoms with Crippen molar-refractivity contribution in [2.45, 2.75) is 76.6 Å². The minimum Gasteiger partial charge on any atom is -0.391 e. The summed E-state index contributed by atoms with van der Waals surface area (Å²) in [5.41, 5.74) is 5.50. The molecular weight excluding hydrogens is 283 g/mol. The number of unbranched alkanes of at least 4 members (excludes halogenated alkanes) is 4. The van der Waals surface area contributed by atoms with Gasteiger partial charge in [-0.15, -0.1) is 0 Å². The van der Waals surface area contributed by atoms with Gasteiger partial charge in [0.1, 0.15) is 5.78 Å². The van der Waals surface area contributed by atoms with Crippen LogP contribution in [0.3, 0.4) is 0 Å². The van der Waals surface area contributed by atoms with E-state index in [1.165, 1.54) is 6.92 Å². The van der Waals surface area contributed by atoms with Crippen LogP contribution < -0.4 is 5.73 Å². The van der Waals surface area contributed by atoms with Crippen LogP contribution in [0.1, 0.15) is 58.3 Å². The SMILES string of the molecule is CC(=O)C(N)C(O)CC/C=C/CCCCCCC(F)(F)F. The minimum absolute atomic E-state index is 0.197. The van der Waals surface area contributed by atoms with E-state index in [0.717, 1.165) is 19.3 Å². The average molecular weight is 309 g/mol. The number of Topliss-reactive ketones (excluding diaryl/α,β-unsaturated/α-hetero) is 1. The van der Waals surface area contributed by atoms with Crippen LogP contribution in [0, 0.1) is 0 Å². The Hall–Kier alpha value is -0.880. The molecule has 0 aliphatic carbocycles. The first-order valence-corrected chi connectivity index (χ1v) is 7.40. The fourth-order valence-electron chi connectivity index (χ4n) is 1.89. The van der Waals surface area contributed by atoms with Crippen LogP contribution in [0.15, 0.2) is 12.2 Å². The van der Waals surface area contributed by atoms with Crippen molar-refractivity contribution in [3.63, 3.8) is 0 Å². The van der Waals surface area contributed by atoms with Crippen molar-refractivity contribution in [1.82, 2.24) is 0 Å². The lowest BCUT2D eigenvalue weighted by Gasteiger charge is -2.14. The number of hydrogen-bond acceptors (Lipinski definition) is 3. The van der Waals surface area contributed by atoms with Gasteiger partial charge in [0.25, 0.3) is 0 Å². The number of alkyl halides is 3. The fraction of sp³-hybridized carbons (Fsp3) is 0.800. The van der Waals surface area contributed by atoms with E-state index in [4.69, 9.17) is 5.73 Å². The zero-order valence-electron chi connectivity index (χ0n) is 12.5. The Kier molecular flexibility index (Phi) is 10.3. The molecule has 0 amide bonds. The third-order valence-corrected chi connectivity index (χ3v) is 3.26. The summed E-state index contributed by atoms with van der Waals surface area (Å²) in [6.07, 6.45) is 2.64. The lowest BCUT2D eigenvalue weighted by Crippen LogP contribution is -2.40. The molecule has 0 saturated carbocycles. The summed E-state index contributed by atoms with van der Waals surface area (Å²) in [4.78, 5) is 10.9. The standard InChI is InChI=1S/C15H26F3NO2/c1-12(20)14(19)13(21)10-8-6-4-2-3-5-7-9-11-15(16,17)18/h4,6,13-14,21H,2-3,5,7-11,19H2,1H3/b6-4+. The molecule has 0 aliphatic heterocycles. The van der Waals surface area contributed by atoms with Crippen LogP contribution in [-0.4, -0.2) is 29.2 Å². The summed E-state index contributed by atoms with van der Waals surface area (Å²) in [5, 5.41) is 9.58. The molecule has 0 aromatic heterocycles. The highest BCUT2D eigenvalue weighted by Gasteiger charge is 2.25. The summed E-state index contributed by atoms with van der Waals surface area (Å²) in [7, 11) is 0. The van der Waals surface area contributed by atoms with Crippen LogP contribution in [0.2, 0.25) is 0 Å². The molecule has 124 valence electrons. The normalized spacial score (nSPS) is 15.3. The number of rotatable bonds is 11. The number of hydrogen-bond donors (Lipinski definition) is 2. The van der Waals surface area contributed by atoms with Crippen molar-refractivity contribution < 1.29 is 23.1 Å². The van der Waals surface area contributed by atoms with Crippen molar-refractivity contribution in [3.05, 3.63) is 12.2 Å². The lowest BCUT2D eigenvalue weighted by atomic mass is 10.0. The van der Waals surface area contributed by atoms with Gasteiger partial charge in [-0.25, -0.2) is 0 Å². The number of allylic oxidation sites excluding steroid dienone is 2. The Bertz CT molecular complexity index is 317. The summed E-state index contributed by atoms with van der Waals surface area (Å²) in [6, 6.07) is -0.827. The first kappa shape index (κ1) is 20.1. The van der Waals surface area contributed by atoms with E-state index < -0.39 is 24.7 Å². The van der Waals surface area contributed by atoms with Crippen LogP contribution in [0.25, 0.3) is 0 Å². The van der Waals surface area contributed by atoms with Gasteiger partial charge in [-0.05, 0) is 39.0 Å². The third-order valence-electron chi connectivity index (χ3n) is 3.26. The summed E-state index contributed by atoms with van der Waals surface area (Å²) < 4.78 is 35.6. The quantitative estimate of drug-likeness (QED) is 0.453. The maximum Gasteiger partial charge on any atom is 0.389 e. The van der Waals surface area contributed by atoms with E-state index in [9.17, 15) is 23.1 Å². The van der Waals surface area contributed by atoms with Gasteiger partial charge in [-0.3, -0.25) is 4.79 Å². The molecule has 2 atom stereocenters. The second-order valence-corrected chi connectivity index (χ2v) is 5.32. The summed E-state index contributed by atoms with van der Waals surface area (Å²) in [6.45, 7) is 1.35. The van der Waals surface area contributed by atoms with Crippen LogP contribution >= 0.6 is 0 Å². The molecule has 0 bridgehead atoms. The molecule has 2 unspecified atom stereocenters. The molecule has 0 rings (SSSR count). The van der Waals surface area contributed by atoms with Crippen molar-refractivity contribution in [2.75, 3.05) is 0 Å². The molecular formula is C15H26F3NO2. The summed E-state index contributed by atoms with van der Waals surface area (Å²) in [5.74, 6) is -0.231. The highest BCUT2D eigenvalue weighted by atomic mass is 19.4. The fourth-order valence-corrected chi connectivity index (χ4v) is 1.89. The van der Waals surface area contributed by atoms with E-state index >= 15 is 0 Å². The first-order chi connectivity index (χ1) is 9.74. The highest BCUT2D eigenvalue weighted by molar-refractivity contribution is 5.81. The molecule has 0 radical (unpaired) electrons. The summed E-state index contributed by atoms with van der Waals surface area (Å²) >= 11 is 0. The molecule has 3 N–H and O–H groups in total. The Morgan fingerprint density at radius 3 is 2.29 bits per heavy atom. The Morgan fingerprint density at radius 1 is 1.14 bits per heavy atom. The monoisotopic (exact) mass is 309 g/mol. The van der Waals surface area contributed by atoms with Crippen LogP contribution in [0.5, 0.6) is 0 Å². The van der Waals surface area contributed by atoms with E-state index in [-0.39, 0.29) is 12.2 Å². The van der Waals surface area contributed by atoms with Gasteiger partial charge in [0.2, 0.25) is 0 Å². The molecule has 0 fully saturated rings. The molecule has 21 heavy (non-hydrogen) atoms. The Labute approximate surface area is 124 Å². The van der Waals surface area contributed by atoms with Crippen molar-refractivity contribution in [1.29, 1.82) is 0 Å². The number of ketones is 1. The molecule has 0 aliphatic rings.